The molecule has 0 radical (unpaired) electrons. The van der Waals surface area contributed by atoms with Gasteiger partial charge >= 0.3 is 6.61 Å². The summed E-state index contributed by atoms with van der Waals surface area (Å²) in [5, 5.41) is 4.58. The maximum absolute atomic E-state index is 12.6. The summed E-state index contributed by atoms with van der Waals surface area (Å²) < 4.78 is 41.1. The van der Waals surface area contributed by atoms with E-state index in [2.05, 4.69) is 10.1 Å². The van der Waals surface area contributed by atoms with E-state index in [-0.39, 0.29) is 23.8 Å². The molecule has 0 saturated carbocycles. The Kier molecular flexibility index (Phi) is 5.84. The van der Waals surface area contributed by atoms with Crippen LogP contribution < -0.4 is 14.8 Å². The second-order valence-electron chi connectivity index (χ2n) is 6.86. The fourth-order valence-corrected chi connectivity index (χ4v) is 3.17. The Bertz CT molecular complexity index is 1210. The van der Waals surface area contributed by atoms with Crippen molar-refractivity contribution in [1.82, 2.24) is 0 Å². The number of carbonyl (C=O) groups is 1. The van der Waals surface area contributed by atoms with Crippen LogP contribution in [0.15, 0.2) is 77.2 Å². The molecule has 0 bridgehead atoms. The van der Waals surface area contributed by atoms with Gasteiger partial charge in [0.2, 0.25) is 0 Å². The summed E-state index contributed by atoms with van der Waals surface area (Å²) in [5.74, 6) is 0.475. The first-order valence-corrected chi connectivity index (χ1v) is 9.56. The number of halogens is 2. The number of alkyl halides is 2. The standard InChI is InChI=1S/C24H19F2NO4/c1-15-9-11-21(31-24(25)26)19(13-15)27-23(28)22-12-10-17(30-22)14-29-20-8-4-6-16-5-2-3-7-18(16)20/h2-13,24H,14H2,1H3,(H,27,28). The zero-order chi connectivity index (χ0) is 21.8. The van der Waals surface area contributed by atoms with Crippen LogP contribution in [0.3, 0.4) is 0 Å². The van der Waals surface area contributed by atoms with Crippen LogP contribution in [0.2, 0.25) is 0 Å². The first-order chi connectivity index (χ1) is 15.0. The molecular weight excluding hydrogens is 404 g/mol. The summed E-state index contributed by atoms with van der Waals surface area (Å²) in [7, 11) is 0. The number of furan rings is 1. The molecule has 1 N–H and O–H groups in total. The van der Waals surface area contributed by atoms with Crippen LogP contribution in [0.1, 0.15) is 21.9 Å². The molecule has 0 unspecified atom stereocenters. The lowest BCUT2D eigenvalue weighted by Crippen LogP contribution is -2.13. The zero-order valence-corrected chi connectivity index (χ0v) is 16.6. The summed E-state index contributed by atoms with van der Waals surface area (Å²) >= 11 is 0. The monoisotopic (exact) mass is 423 g/mol. The minimum Gasteiger partial charge on any atom is -0.485 e. The number of amides is 1. The molecule has 7 heteroatoms. The molecule has 4 aromatic rings. The van der Waals surface area contributed by atoms with E-state index in [0.717, 1.165) is 16.3 Å². The maximum atomic E-state index is 12.6. The van der Waals surface area contributed by atoms with Gasteiger partial charge in [-0.3, -0.25) is 4.79 Å². The fourth-order valence-electron chi connectivity index (χ4n) is 3.17. The Morgan fingerprint density at radius 1 is 1.00 bits per heavy atom. The lowest BCUT2D eigenvalue weighted by Gasteiger charge is -2.12. The normalized spacial score (nSPS) is 11.0. The van der Waals surface area contributed by atoms with Gasteiger partial charge in [-0.1, -0.05) is 42.5 Å². The van der Waals surface area contributed by atoms with Gasteiger partial charge in [0.15, 0.2) is 5.76 Å². The topological polar surface area (TPSA) is 60.7 Å². The van der Waals surface area contributed by atoms with Crippen molar-refractivity contribution in [2.24, 2.45) is 0 Å². The van der Waals surface area contributed by atoms with E-state index >= 15 is 0 Å². The van der Waals surface area contributed by atoms with Gasteiger partial charge in [0.05, 0.1) is 5.69 Å². The van der Waals surface area contributed by atoms with Gasteiger partial charge in [-0.25, -0.2) is 0 Å². The van der Waals surface area contributed by atoms with Gasteiger partial charge in [0, 0.05) is 5.39 Å². The van der Waals surface area contributed by atoms with Crippen LogP contribution in [0.25, 0.3) is 10.8 Å². The number of ether oxygens (including phenoxy) is 2. The number of anilines is 1. The van der Waals surface area contributed by atoms with Crippen LogP contribution in [0, 0.1) is 6.92 Å². The Morgan fingerprint density at radius 2 is 1.81 bits per heavy atom. The van der Waals surface area contributed by atoms with E-state index in [4.69, 9.17) is 9.15 Å². The molecule has 0 aliphatic heterocycles. The molecule has 1 aromatic heterocycles. The molecule has 0 atom stereocenters. The molecule has 3 aromatic carbocycles. The van der Waals surface area contributed by atoms with Gasteiger partial charge in [0.1, 0.15) is 23.9 Å². The molecule has 4 rings (SSSR count). The third-order valence-electron chi connectivity index (χ3n) is 4.60. The lowest BCUT2D eigenvalue weighted by molar-refractivity contribution is -0.0493. The predicted octanol–water partition coefficient (Wildman–Crippen LogP) is 6.17. The van der Waals surface area contributed by atoms with E-state index in [1.54, 1.807) is 25.1 Å². The molecule has 0 aliphatic rings. The molecule has 1 amide bonds. The van der Waals surface area contributed by atoms with Crippen LogP contribution >= 0.6 is 0 Å². The van der Waals surface area contributed by atoms with Gasteiger partial charge in [-0.15, -0.1) is 0 Å². The van der Waals surface area contributed by atoms with E-state index < -0.39 is 12.5 Å². The van der Waals surface area contributed by atoms with Crippen LogP contribution in [0.4, 0.5) is 14.5 Å². The number of hydrogen-bond acceptors (Lipinski definition) is 4. The van der Waals surface area contributed by atoms with Crippen molar-refractivity contribution in [2.75, 3.05) is 5.32 Å². The average Bonchev–Trinajstić information content (AvgIpc) is 3.23. The van der Waals surface area contributed by atoms with Crippen molar-refractivity contribution >= 4 is 22.4 Å². The SMILES string of the molecule is Cc1ccc(OC(F)F)c(NC(=O)c2ccc(COc3cccc4ccccc34)o2)c1. The first kappa shape index (κ1) is 20.4. The van der Waals surface area contributed by atoms with E-state index in [9.17, 15) is 13.6 Å². The highest BCUT2D eigenvalue weighted by molar-refractivity contribution is 6.03. The summed E-state index contributed by atoms with van der Waals surface area (Å²) in [6.45, 7) is -1.09. The van der Waals surface area contributed by atoms with E-state index in [1.807, 2.05) is 42.5 Å². The van der Waals surface area contributed by atoms with Crippen LogP contribution in [-0.2, 0) is 6.61 Å². The fraction of sp³-hybridized carbons (Fsp3) is 0.125. The number of nitrogens with one attached hydrogen (secondary N) is 1. The summed E-state index contributed by atoms with van der Waals surface area (Å²) in [6, 6.07) is 21.3. The van der Waals surface area contributed by atoms with Gasteiger partial charge in [-0.2, -0.15) is 8.78 Å². The number of hydrogen-bond donors (Lipinski definition) is 1. The third-order valence-corrected chi connectivity index (χ3v) is 4.60. The van der Waals surface area contributed by atoms with Crippen molar-refractivity contribution < 1.29 is 27.5 Å². The molecule has 31 heavy (non-hydrogen) atoms. The number of aryl methyl sites for hydroxylation is 1. The summed E-state index contributed by atoms with van der Waals surface area (Å²) in [4.78, 5) is 12.5. The molecule has 1 heterocycles. The highest BCUT2D eigenvalue weighted by Gasteiger charge is 2.16. The first-order valence-electron chi connectivity index (χ1n) is 9.56. The van der Waals surface area contributed by atoms with E-state index in [0.29, 0.717) is 11.5 Å². The Balaban J connectivity index is 1.45. The maximum Gasteiger partial charge on any atom is 0.387 e. The quantitative estimate of drug-likeness (QED) is 0.386. The highest BCUT2D eigenvalue weighted by atomic mass is 19.3. The minimum absolute atomic E-state index is 0.0287. The Morgan fingerprint density at radius 3 is 2.65 bits per heavy atom. The smallest absolute Gasteiger partial charge is 0.387 e. The second kappa shape index (κ2) is 8.87. The Hall–Kier alpha value is -3.87. The lowest BCUT2D eigenvalue weighted by atomic mass is 10.1. The Labute approximate surface area is 177 Å². The average molecular weight is 423 g/mol. The molecule has 158 valence electrons. The predicted molar refractivity (Wildman–Crippen MR) is 113 cm³/mol. The van der Waals surface area contributed by atoms with Crippen molar-refractivity contribution in [3.63, 3.8) is 0 Å². The van der Waals surface area contributed by atoms with Crippen molar-refractivity contribution in [2.45, 2.75) is 20.1 Å². The molecule has 0 fully saturated rings. The third kappa shape index (κ3) is 4.83. The molecule has 5 nitrogen and oxygen atoms in total. The highest BCUT2D eigenvalue weighted by Crippen LogP contribution is 2.29. The summed E-state index contributed by atoms with van der Waals surface area (Å²) in [5.41, 5.74) is 0.913. The summed E-state index contributed by atoms with van der Waals surface area (Å²) in [6.07, 6.45) is 0. The van der Waals surface area contributed by atoms with E-state index in [1.165, 1.54) is 12.1 Å². The van der Waals surface area contributed by atoms with Crippen molar-refractivity contribution in [3.05, 3.63) is 89.9 Å². The molecule has 0 saturated heterocycles. The molecular formula is C24H19F2NO4. The van der Waals surface area contributed by atoms with Crippen molar-refractivity contribution in [1.29, 1.82) is 0 Å². The van der Waals surface area contributed by atoms with Crippen molar-refractivity contribution in [3.8, 4) is 11.5 Å². The van der Waals surface area contributed by atoms with Gasteiger partial charge in [0.25, 0.3) is 5.91 Å². The van der Waals surface area contributed by atoms with Gasteiger partial charge in [-0.05, 0) is 48.2 Å². The number of carbonyl (C=O) groups excluding carboxylic acids is 1. The number of fused-ring (bicyclic) bond motifs is 1. The second-order valence-corrected chi connectivity index (χ2v) is 6.86. The number of benzene rings is 3. The van der Waals surface area contributed by atoms with Crippen LogP contribution in [0.5, 0.6) is 11.5 Å². The van der Waals surface area contributed by atoms with Gasteiger partial charge < -0.3 is 19.2 Å². The minimum atomic E-state index is -3.00. The largest absolute Gasteiger partial charge is 0.485 e. The molecule has 0 spiro atoms. The number of rotatable bonds is 7. The molecule has 0 aliphatic carbocycles. The zero-order valence-electron chi connectivity index (χ0n) is 16.6. The van der Waals surface area contributed by atoms with Crippen LogP contribution in [-0.4, -0.2) is 12.5 Å².